The molecule has 0 spiro atoms. The van der Waals surface area contributed by atoms with E-state index in [-0.39, 0.29) is 11.5 Å². The normalized spacial score (nSPS) is 16.4. The van der Waals surface area contributed by atoms with Gasteiger partial charge in [-0.3, -0.25) is 4.79 Å². The van der Waals surface area contributed by atoms with Crippen LogP contribution in [0.1, 0.15) is 21.7 Å². The molecule has 0 aliphatic carbocycles. The molecule has 0 bridgehead atoms. The number of nitrogens with zero attached hydrogens (tertiary/aromatic N) is 1. The van der Waals surface area contributed by atoms with Gasteiger partial charge < -0.3 is 14.8 Å². The number of carboxylic acids is 1. The molecule has 0 saturated carbocycles. The van der Waals surface area contributed by atoms with Crippen molar-refractivity contribution >= 4 is 40.6 Å². The first-order chi connectivity index (χ1) is 14.0. The Kier molecular flexibility index (Phi) is 5.05. The van der Waals surface area contributed by atoms with E-state index < -0.39 is 5.97 Å². The van der Waals surface area contributed by atoms with Crippen molar-refractivity contribution < 1.29 is 19.1 Å². The highest BCUT2D eigenvalue weighted by molar-refractivity contribution is 8.18. The summed E-state index contributed by atoms with van der Waals surface area (Å²) in [5.74, 6) is -0.411. The zero-order valence-electron chi connectivity index (χ0n) is 15.4. The number of carbonyl (C=O) groups is 2. The van der Waals surface area contributed by atoms with Crippen LogP contribution in [0.3, 0.4) is 0 Å². The highest BCUT2D eigenvalue weighted by Gasteiger charge is 2.24. The van der Waals surface area contributed by atoms with Crippen LogP contribution < -0.4 is 5.32 Å². The summed E-state index contributed by atoms with van der Waals surface area (Å²) in [4.78, 5) is 28.6. The van der Waals surface area contributed by atoms with Gasteiger partial charge in [-0.2, -0.15) is 0 Å². The number of thioether (sulfide) groups is 1. The largest absolute Gasteiger partial charge is 0.478 e. The molecule has 3 aromatic rings. The summed E-state index contributed by atoms with van der Waals surface area (Å²) in [6.07, 6.45) is 1.62. The van der Waals surface area contributed by atoms with Gasteiger partial charge in [0.1, 0.15) is 11.5 Å². The number of aromatic carboxylic acids is 1. The first-order valence-electron chi connectivity index (χ1n) is 8.78. The highest BCUT2D eigenvalue weighted by Crippen LogP contribution is 2.31. The number of rotatable bonds is 4. The second-order valence-corrected chi connectivity index (χ2v) is 7.40. The van der Waals surface area contributed by atoms with E-state index in [2.05, 4.69) is 10.3 Å². The van der Waals surface area contributed by atoms with Gasteiger partial charge in [0, 0.05) is 11.6 Å². The van der Waals surface area contributed by atoms with Crippen LogP contribution in [0.4, 0.5) is 5.69 Å². The number of aliphatic imine (C=N–C) groups is 1. The van der Waals surface area contributed by atoms with Crippen molar-refractivity contribution in [3.05, 3.63) is 82.5 Å². The number of furan rings is 1. The number of hydrogen-bond acceptors (Lipinski definition) is 5. The van der Waals surface area contributed by atoms with E-state index in [1.165, 1.54) is 17.8 Å². The van der Waals surface area contributed by atoms with Crippen molar-refractivity contribution in [3.8, 4) is 11.3 Å². The number of amidine groups is 1. The van der Waals surface area contributed by atoms with Gasteiger partial charge in [0.2, 0.25) is 0 Å². The summed E-state index contributed by atoms with van der Waals surface area (Å²) in [6.45, 7) is 1.98. The molecule has 2 heterocycles. The fourth-order valence-corrected chi connectivity index (χ4v) is 3.71. The predicted molar refractivity (Wildman–Crippen MR) is 113 cm³/mol. The minimum Gasteiger partial charge on any atom is -0.478 e. The summed E-state index contributed by atoms with van der Waals surface area (Å²) in [5.41, 5.74) is 2.48. The Morgan fingerprint density at radius 3 is 2.76 bits per heavy atom. The van der Waals surface area contributed by atoms with E-state index in [9.17, 15) is 14.7 Å². The average molecular weight is 404 g/mol. The summed E-state index contributed by atoms with van der Waals surface area (Å²) >= 11 is 1.22. The van der Waals surface area contributed by atoms with E-state index in [0.29, 0.717) is 27.2 Å². The standard InChI is InChI=1S/C22H16N2O4S/c1-13-5-4-6-14(11-13)23-22-24-20(25)19(29-22)12-15-9-10-18(28-15)16-7-2-3-8-17(16)21(26)27/h2-12H,1H3,(H,26,27)(H,23,24,25). The van der Waals surface area contributed by atoms with Crippen molar-refractivity contribution in [2.24, 2.45) is 4.99 Å². The van der Waals surface area contributed by atoms with Crippen LogP contribution in [0.25, 0.3) is 17.4 Å². The summed E-state index contributed by atoms with van der Waals surface area (Å²) in [5, 5.41) is 12.6. The van der Waals surface area contributed by atoms with Crippen LogP contribution in [-0.4, -0.2) is 22.2 Å². The van der Waals surface area contributed by atoms with E-state index >= 15 is 0 Å². The Labute approximate surface area is 171 Å². The smallest absolute Gasteiger partial charge is 0.336 e. The molecule has 0 unspecified atom stereocenters. The number of nitrogens with one attached hydrogen (secondary N) is 1. The van der Waals surface area contributed by atoms with Crippen LogP contribution in [0.5, 0.6) is 0 Å². The molecule has 29 heavy (non-hydrogen) atoms. The van der Waals surface area contributed by atoms with Crippen LogP contribution in [0.2, 0.25) is 0 Å². The number of aryl methyl sites for hydroxylation is 1. The third kappa shape index (κ3) is 4.14. The molecular weight excluding hydrogens is 388 g/mol. The van der Waals surface area contributed by atoms with Crippen molar-refractivity contribution in [3.63, 3.8) is 0 Å². The van der Waals surface area contributed by atoms with Gasteiger partial charge in [-0.15, -0.1) is 0 Å². The summed E-state index contributed by atoms with van der Waals surface area (Å²) in [7, 11) is 0. The molecule has 1 fully saturated rings. The van der Waals surface area contributed by atoms with Gasteiger partial charge in [0.15, 0.2) is 5.17 Å². The molecule has 6 nitrogen and oxygen atoms in total. The lowest BCUT2D eigenvalue weighted by atomic mass is 10.1. The minimum atomic E-state index is -1.03. The van der Waals surface area contributed by atoms with Gasteiger partial charge in [0.05, 0.1) is 16.2 Å². The lowest BCUT2D eigenvalue weighted by Crippen LogP contribution is -2.19. The van der Waals surface area contributed by atoms with E-state index in [1.807, 2.05) is 31.2 Å². The Balaban J connectivity index is 1.58. The van der Waals surface area contributed by atoms with Crippen molar-refractivity contribution in [1.82, 2.24) is 5.32 Å². The quantitative estimate of drug-likeness (QED) is 0.607. The maximum atomic E-state index is 12.3. The molecule has 1 aliphatic rings. The first-order valence-corrected chi connectivity index (χ1v) is 9.60. The molecule has 0 atom stereocenters. The molecule has 4 rings (SSSR count). The van der Waals surface area contributed by atoms with Gasteiger partial charge in [-0.1, -0.05) is 30.3 Å². The number of benzene rings is 2. The topological polar surface area (TPSA) is 91.9 Å². The maximum Gasteiger partial charge on any atom is 0.336 e. The second kappa shape index (κ2) is 7.81. The molecule has 1 aromatic heterocycles. The first kappa shape index (κ1) is 18.8. The molecule has 1 amide bonds. The molecule has 1 aliphatic heterocycles. The van der Waals surface area contributed by atoms with Crippen LogP contribution in [-0.2, 0) is 4.79 Å². The maximum absolute atomic E-state index is 12.3. The van der Waals surface area contributed by atoms with Crippen molar-refractivity contribution in [2.75, 3.05) is 0 Å². The number of amides is 1. The minimum absolute atomic E-state index is 0.154. The monoisotopic (exact) mass is 404 g/mol. The highest BCUT2D eigenvalue weighted by atomic mass is 32.2. The molecule has 2 N–H and O–H groups in total. The number of hydrogen-bond donors (Lipinski definition) is 2. The van der Waals surface area contributed by atoms with Crippen molar-refractivity contribution in [1.29, 1.82) is 0 Å². The zero-order valence-corrected chi connectivity index (χ0v) is 16.2. The van der Waals surface area contributed by atoms with E-state index in [1.54, 1.807) is 36.4 Å². The fourth-order valence-electron chi connectivity index (χ4n) is 2.88. The Morgan fingerprint density at radius 2 is 1.97 bits per heavy atom. The Morgan fingerprint density at radius 1 is 1.14 bits per heavy atom. The number of carbonyl (C=O) groups excluding carboxylic acids is 1. The Hall–Kier alpha value is -3.58. The van der Waals surface area contributed by atoms with Crippen LogP contribution >= 0.6 is 11.8 Å². The molecule has 1 saturated heterocycles. The molecule has 144 valence electrons. The second-order valence-electron chi connectivity index (χ2n) is 6.37. The van der Waals surface area contributed by atoms with Gasteiger partial charge in [-0.25, -0.2) is 9.79 Å². The van der Waals surface area contributed by atoms with Crippen LogP contribution in [0, 0.1) is 6.92 Å². The molecule has 7 heteroatoms. The van der Waals surface area contributed by atoms with Crippen LogP contribution in [0.15, 0.2) is 75.0 Å². The third-order valence-corrected chi connectivity index (χ3v) is 5.12. The summed E-state index contributed by atoms with van der Waals surface area (Å²) in [6, 6.07) is 17.7. The van der Waals surface area contributed by atoms with Gasteiger partial charge in [-0.05, 0) is 54.6 Å². The molecule has 0 radical (unpaired) electrons. The lowest BCUT2D eigenvalue weighted by molar-refractivity contribution is -0.115. The van der Waals surface area contributed by atoms with Crippen molar-refractivity contribution in [2.45, 2.75) is 6.92 Å². The lowest BCUT2D eigenvalue weighted by Gasteiger charge is -2.02. The average Bonchev–Trinajstić information content (AvgIpc) is 3.29. The number of carboxylic acid groups (broad SMARTS) is 1. The third-order valence-electron chi connectivity index (χ3n) is 4.21. The van der Waals surface area contributed by atoms with Gasteiger partial charge in [0.25, 0.3) is 5.91 Å². The molecular formula is C22H16N2O4S. The van der Waals surface area contributed by atoms with E-state index in [0.717, 1.165) is 11.3 Å². The SMILES string of the molecule is Cc1cccc(N=C2NC(=O)C(=Cc3ccc(-c4ccccc4C(=O)O)o3)S2)c1. The van der Waals surface area contributed by atoms with E-state index in [4.69, 9.17) is 4.42 Å². The Bertz CT molecular complexity index is 1180. The summed E-state index contributed by atoms with van der Waals surface area (Å²) < 4.78 is 5.77. The predicted octanol–water partition coefficient (Wildman–Crippen LogP) is 4.84. The zero-order chi connectivity index (χ0) is 20.4. The molecule has 2 aromatic carbocycles. The fraction of sp³-hybridized carbons (Fsp3) is 0.0455. The van der Waals surface area contributed by atoms with Gasteiger partial charge >= 0.3 is 5.97 Å².